The van der Waals surface area contributed by atoms with E-state index in [1.807, 2.05) is 87.4 Å². The summed E-state index contributed by atoms with van der Waals surface area (Å²) in [6, 6.07) is 5.86. The molecule has 0 spiro atoms. The van der Waals surface area contributed by atoms with Gasteiger partial charge >= 0.3 is 0 Å². The highest BCUT2D eigenvalue weighted by atomic mass is 16.3. The van der Waals surface area contributed by atoms with Gasteiger partial charge in [0.15, 0.2) is 0 Å². The van der Waals surface area contributed by atoms with Gasteiger partial charge in [-0.3, -0.25) is 0 Å². The molecule has 0 N–H and O–H groups in total. The number of rotatable bonds is 0. The van der Waals surface area contributed by atoms with E-state index in [9.17, 15) is 0 Å². The molecule has 0 aromatic carbocycles. The minimum absolute atomic E-state index is 0.984. The monoisotopic (exact) mass is 282 g/mol. The molecule has 20 heavy (non-hydrogen) atoms. The Morgan fingerprint density at radius 2 is 1.05 bits per heavy atom. The number of furan rings is 2. The second-order valence-corrected chi connectivity index (χ2v) is 3.32. The summed E-state index contributed by atoms with van der Waals surface area (Å²) in [6.07, 6.45) is 1.70. The van der Waals surface area contributed by atoms with Crippen LogP contribution in [0.5, 0.6) is 0 Å². The Morgan fingerprint density at radius 1 is 0.650 bits per heavy atom. The molecule has 2 rings (SSSR count). The Kier molecular flexibility index (Phi) is 20.8. The van der Waals surface area contributed by atoms with Gasteiger partial charge in [0.2, 0.25) is 0 Å². The molecule has 2 aromatic rings. The molecule has 2 heteroatoms. The van der Waals surface area contributed by atoms with E-state index in [1.165, 1.54) is 5.56 Å². The van der Waals surface area contributed by atoms with E-state index in [-0.39, 0.29) is 0 Å². The van der Waals surface area contributed by atoms with Crippen molar-refractivity contribution < 1.29 is 8.83 Å². The normalized spacial score (nSPS) is 7.50. The first-order valence-corrected chi connectivity index (χ1v) is 7.63. The summed E-state index contributed by atoms with van der Waals surface area (Å²) in [5.41, 5.74) is 1.22. The SMILES string of the molecule is CC.CC.CC.Cc1ccc(C)o1.Cc1ccoc1C. The third-order valence-corrected chi connectivity index (χ3v) is 1.99. The van der Waals surface area contributed by atoms with Gasteiger partial charge in [-0.05, 0) is 51.5 Å². The molecule has 0 aliphatic carbocycles. The second-order valence-electron chi connectivity index (χ2n) is 3.32. The third-order valence-electron chi connectivity index (χ3n) is 1.99. The van der Waals surface area contributed by atoms with Crippen LogP contribution in [0.15, 0.2) is 33.3 Å². The van der Waals surface area contributed by atoms with Crippen LogP contribution in [0.3, 0.4) is 0 Å². The minimum atomic E-state index is 0.984. The summed E-state index contributed by atoms with van der Waals surface area (Å²) >= 11 is 0. The summed E-state index contributed by atoms with van der Waals surface area (Å²) in [4.78, 5) is 0. The molecule has 0 fully saturated rings. The third kappa shape index (κ3) is 13.0. The fourth-order valence-electron chi connectivity index (χ4n) is 1.01. The average molecular weight is 282 g/mol. The molecular formula is C18H34O2. The van der Waals surface area contributed by atoms with Gasteiger partial charge in [0.1, 0.15) is 17.3 Å². The molecular weight excluding hydrogens is 248 g/mol. The Balaban J connectivity index is -0.000000211. The number of hydrogen-bond donors (Lipinski definition) is 0. The van der Waals surface area contributed by atoms with Crippen molar-refractivity contribution in [2.45, 2.75) is 69.2 Å². The molecule has 0 bridgehead atoms. The fourth-order valence-corrected chi connectivity index (χ4v) is 1.01. The maximum atomic E-state index is 5.08. The zero-order valence-electron chi connectivity index (χ0n) is 15.1. The lowest BCUT2D eigenvalue weighted by atomic mass is 10.3. The summed E-state index contributed by atoms with van der Waals surface area (Å²) in [6.45, 7) is 19.9. The fraction of sp³-hybridized carbons (Fsp3) is 0.556. The van der Waals surface area contributed by atoms with Crippen LogP contribution in [0.2, 0.25) is 0 Å². The van der Waals surface area contributed by atoms with Gasteiger partial charge in [-0.2, -0.15) is 0 Å². The van der Waals surface area contributed by atoms with Crippen molar-refractivity contribution in [2.75, 3.05) is 0 Å². The van der Waals surface area contributed by atoms with Gasteiger partial charge < -0.3 is 8.83 Å². The van der Waals surface area contributed by atoms with Gasteiger partial charge in [0.05, 0.1) is 6.26 Å². The maximum absolute atomic E-state index is 5.08. The van der Waals surface area contributed by atoms with Gasteiger partial charge in [0, 0.05) is 0 Å². The van der Waals surface area contributed by atoms with E-state index >= 15 is 0 Å². The highest BCUT2D eigenvalue weighted by molar-refractivity contribution is 5.11. The number of aryl methyl sites for hydroxylation is 4. The predicted molar refractivity (Wildman–Crippen MR) is 90.4 cm³/mol. The van der Waals surface area contributed by atoms with Crippen molar-refractivity contribution in [1.29, 1.82) is 0 Å². The molecule has 2 heterocycles. The van der Waals surface area contributed by atoms with Crippen molar-refractivity contribution in [3.8, 4) is 0 Å². The predicted octanol–water partition coefficient (Wildman–Crippen LogP) is 6.87. The van der Waals surface area contributed by atoms with E-state index in [2.05, 4.69) is 0 Å². The van der Waals surface area contributed by atoms with Gasteiger partial charge in [-0.15, -0.1) is 0 Å². The molecule has 0 radical (unpaired) electrons. The smallest absolute Gasteiger partial charge is 0.103 e. The minimum Gasteiger partial charge on any atom is -0.469 e. The molecule has 0 atom stereocenters. The topological polar surface area (TPSA) is 26.3 Å². The van der Waals surface area contributed by atoms with Crippen molar-refractivity contribution in [3.05, 3.63) is 47.3 Å². The molecule has 2 aromatic heterocycles. The van der Waals surface area contributed by atoms with Crippen LogP contribution in [0, 0.1) is 27.7 Å². The first-order chi connectivity index (χ1) is 9.59. The molecule has 0 saturated heterocycles. The highest BCUT2D eigenvalue weighted by Gasteiger charge is 1.89. The second kappa shape index (κ2) is 17.6. The molecule has 0 aliphatic heterocycles. The Bertz CT molecular complexity index is 351. The standard InChI is InChI=1S/2C6H8O.3C2H6/c1-5-3-4-7-6(5)2;1-5-3-4-6(2)7-5;3*1-2/h2*3-4H,1-2H3;3*1-2H3. The highest BCUT2D eigenvalue weighted by Crippen LogP contribution is 2.04. The maximum Gasteiger partial charge on any atom is 0.103 e. The van der Waals surface area contributed by atoms with Crippen molar-refractivity contribution in [1.82, 2.24) is 0 Å². The van der Waals surface area contributed by atoms with E-state index in [4.69, 9.17) is 8.83 Å². The number of hydrogen-bond acceptors (Lipinski definition) is 2. The molecule has 2 nitrogen and oxygen atoms in total. The van der Waals surface area contributed by atoms with E-state index in [0.29, 0.717) is 0 Å². The zero-order valence-corrected chi connectivity index (χ0v) is 15.1. The van der Waals surface area contributed by atoms with Crippen LogP contribution in [-0.2, 0) is 0 Å². The Hall–Kier alpha value is -1.44. The Morgan fingerprint density at radius 3 is 1.15 bits per heavy atom. The molecule has 0 saturated carbocycles. The van der Waals surface area contributed by atoms with Crippen molar-refractivity contribution >= 4 is 0 Å². The van der Waals surface area contributed by atoms with E-state index < -0.39 is 0 Å². The molecule has 0 unspecified atom stereocenters. The summed E-state index contributed by atoms with van der Waals surface area (Å²) in [7, 11) is 0. The van der Waals surface area contributed by atoms with Gasteiger partial charge in [-0.25, -0.2) is 0 Å². The van der Waals surface area contributed by atoms with Crippen molar-refractivity contribution in [3.63, 3.8) is 0 Å². The van der Waals surface area contributed by atoms with Gasteiger partial charge in [-0.1, -0.05) is 41.5 Å². The lowest BCUT2D eigenvalue weighted by Crippen LogP contribution is -1.63. The lowest BCUT2D eigenvalue weighted by molar-refractivity contribution is 0.504. The van der Waals surface area contributed by atoms with Crippen LogP contribution >= 0.6 is 0 Å². The summed E-state index contributed by atoms with van der Waals surface area (Å²) in [5, 5.41) is 0. The zero-order chi connectivity index (χ0) is 16.6. The first kappa shape index (κ1) is 23.6. The van der Waals surface area contributed by atoms with Crippen LogP contribution in [0.1, 0.15) is 64.4 Å². The van der Waals surface area contributed by atoms with Crippen molar-refractivity contribution in [2.24, 2.45) is 0 Å². The van der Waals surface area contributed by atoms with Gasteiger partial charge in [0.25, 0.3) is 0 Å². The summed E-state index contributed by atoms with van der Waals surface area (Å²) < 4.78 is 10.0. The first-order valence-electron chi connectivity index (χ1n) is 7.63. The van der Waals surface area contributed by atoms with Crippen LogP contribution < -0.4 is 0 Å². The van der Waals surface area contributed by atoms with Crippen LogP contribution in [0.4, 0.5) is 0 Å². The van der Waals surface area contributed by atoms with Crippen LogP contribution in [-0.4, -0.2) is 0 Å². The quantitative estimate of drug-likeness (QED) is 0.527. The lowest BCUT2D eigenvalue weighted by Gasteiger charge is -1.79. The largest absolute Gasteiger partial charge is 0.469 e. The Labute approximate surface area is 126 Å². The molecule has 0 amide bonds. The summed E-state index contributed by atoms with van der Waals surface area (Å²) in [5.74, 6) is 2.98. The van der Waals surface area contributed by atoms with E-state index in [1.54, 1.807) is 6.26 Å². The average Bonchev–Trinajstić information content (AvgIpc) is 3.06. The molecule has 118 valence electrons. The molecule has 0 aliphatic rings. The van der Waals surface area contributed by atoms with Crippen LogP contribution in [0.25, 0.3) is 0 Å². The van der Waals surface area contributed by atoms with E-state index in [0.717, 1.165) is 17.3 Å².